The predicted molar refractivity (Wildman–Crippen MR) is 50.6 cm³/mol. The van der Waals surface area contributed by atoms with Crippen LogP contribution in [0.1, 0.15) is 35.6 Å². The van der Waals surface area contributed by atoms with Crippen LogP contribution in [0.5, 0.6) is 0 Å². The zero-order valence-corrected chi connectivity index (χ0v) is 8.44. The van der Waals surface area contributed by atoms with E-state index in [4.69, 9.17) is 0 Å². The molecule has 2 nitrogen and oxygen atoms in total. The van der Waals surface area contributed by atoms with Crippen LogP contribution in [-0.2, 0) is 0 Å². The lowest BCUT2D eigenvalue weighted by atomic mass is 10.0. The van der Waals surface area contributed by atoms with E-state index in [-0.39, 0.29) is 11.7 Å². The van der Waals surface area contributed by atoms with E-state index in [0.717, 1.165) is 17.0 Å². The van der Waals surface area contributed by atoms with Gasteiger partial charge >= 0.3 is 0 Å². The Bertz CT molecular complexity index is 280. The van der Waals surface area contributed by atoms with E-state index in [1.54, 1.807) is 5.51 Å². The van der Waals surface area contributed by atoms with Gasteiger partial charge in [-0.25, -0.2) is 4.98 Å². The van der Waals surface area contributed by atoms with Crippen molar-refractivity contribution in [1.82, 2.24) is 4.98 Å². The molecule has 1 heterocycles. The first-order valence-corrected chi connectivity index (χ1v) is 4.99. The van der Waals surface area contributed by atoms with Crippen LogP contribution in [0.3, 0.4) is 0 Å². The van der Waals surface area contributed by atoms with Gasteiger partial charge in [0.1, 0.15) is 0 Å². The third kappa shape index (κ3) is 1.72. The average molecular weight is 183 g/mol. The maximum Gasteiger partial charge on any atom is 0.177 e. The van der Waals surface area contributed by atoms with E-state index in [9.17, 15) is 4.79 Å². The molecule has 12 heavy (non-hydrogen) atoms. The Labute approximate surface area is 76.6 Å². The number of nitrogens with zero attached hydrogens (tertiary/aromatic N) is 1. The third-order valence-electron chi connectivity index (χ3n) is 2.03. The minimum Gasteiger partial charge on any atom is -0.293 e. The Balaban J connectivity index is 2.85. The minimum absolute atomic E-state index is 0.129. The zero-order valence-electron chi connectivity index (χ0n) is 7.63. The number of ketones is 1. The molecule has 0 N–H and O–H groups in total. The van der Waals surface area contributed by atoms with Crippen molar-refractivity contribution < 1.29 is 4.79 Å². The van der Waals surface area contributed by atoms with E-state index < -0.39 is 0 Å². The molecule has 0 radical (unpaired) electrons. The second-order valence-electron chi connectivity index (χ2n) is 2.94. The number of carbonyl (C=O) groups excluding carboxylic acids is 1. The summed E-state index contributed by atoms with van der Waals surface area (Å²) in [5.74, 6) is 0.363. The standard InChI is InChI=1S/C9H13NOS/c1-4-6(2)8(11)9-7(3)10-5-12-9/h5-6H,4H2,1-3H3. The topological polar surface area (TPSA) is 30.0 Å². The molecule has 0 aliphatic carbocycles. The quantitative estimate of drug-likeness (QED) is 0.674. The molecule has 1 atom stereocenters. The fraction of sp³-hybridized carbons (Fsp3) is 0.556. The van der Waals surface area contributed by atoms with Crippen molar-refractivity contribution in [3.8, 4) is 0 Å². The van der Waals surface area contributed by atoms with Gasteiger partial charge in [0.25, 0.3) is 0 Å². The molecule has 0 spiro atoms. The average Bonchev–Trinajstić information content (AvgIpc) is 2.48. The van der Waals surface area contributed by atoms with E-state index in [1.807, 2.05) is 20.8 Å². The van der Waals surface area contributed by atoms with Gasteiger partial charge in [-0.3, -0.25) is 4.79 Å². The van der Waals surface area contributed by atoms with Gasteiger partial charge in [0.15, 0.2) is 5.78 Å². The first-order chi connectivity index (χ1) is 5.66. The van der Waals surface area contributed by atoms with Crippen LogP contribution in [0.15, 0.2) is 5.51 Å². The third-order valence-corrected chi connectivity index (χ3v) is 2.97. The van der Waals surface area contributed by atoms with Crippen LogP contribution >= 0.6 is 11.3 Å². The highest BCUT2D eigenvalue weighted by atomic mass is 32.1. The smallest absolute Gasteiger partial charge is 0.177 e. The van der Waals surface area contributed by atoms with Crippen LogP contribution in [0.4, 0.5) is 0 Å². The lowest BCUT2D eigenvalue weighted by Crippen LogP contribution is -2.09. The van der Waals surface area contributed by atoms with Crippen molar-refractivity contribution in [3.63, 3.8) is 0 Å². The number of aryl methyl sites for hydroxylation is 1. The van der Waals surface area contributed by atoms with Gasteiger partial charge in [0.05, 0.1) is 16.1 Å². The summed E-state index contributed by atoms with van der Waals surface area (Å²) >= 11 is 1.44. The Morgan fingerprint density at radius 2 is 2.42 bits per heavy atom. The summed E-state index contributed by atoms with van der Waals surface area (Å²) in [7, 11) is 0. The number of rotatable bonds is 3. The summed E-state index contributed by atoms with van der Waals surface area (Å²) in [6, 6.07) is 0. The van der Waals surface area contributed by atoms with E-state index in [2.05, 4.69) is 4.98 Å². The number of hydrogen-bond donors (Lipinski definition) is 0. The highest BCUT2D eigenvalue weighted by molar-refractivity contribution is 7.11. The molecule has 0 amide bonds. The van der Waals surface area contributed by atoms with Gasteiger partial charge in [-0.2, -0.15) is 0 Å². The maximum absolute atomic E-state index is 11.6. The summed E-state index contributed by atoms with van der Waals surface area (Å²) in [6.07, 6.45) is 0.899. The second-order valence-corrected chi connectivity index (χ2v) is 3.80. The number of aromatic nitrogens is 1. The largest absolute Gasteiger partial charge is 0.293 e. The van der Waals surface area contributed by atoms with Gasteiger partial charge in [-0.1, -0.05) is 13.8 Å². The van der Waals surface area contributed by atoms with E-state index >= 15 is 0 Å². The molecule has 1 unspecified atom stereocenters. The van der Waals surface area contributed by atoms with Crippen LogP contribution in [-0.4, -0.2) is 10.8 Å². The first kappa shape index (κ1) is 9.39. The van der Waals surface area contributed by atoms with Gasteiger partial charge < -0.3 is 0 Å². The zero-order chi connectivity index (χ0) is 9.14. The molecule has 1 rings (SSSR count). The van der Waals surface area contributed by atoms with Crippen molar-refractivity contribution in [2.24, 2.45) is 5.92 Å². The molecule has 0 fully saturated rings. The Morgan fingerprint density at radius 3 is 2.83 bits per heavy atom. The van der Waals surface area contributed by atoms with Gasteiger partial charge in [-0.15, -0.1) is 11.3 Å². The lowest BCUT2D eigenvalue weighted by Gasteiger charge is -2.04. The maximum atomic E-state index is 11.6. The molecule has 0 bridgehead atoms. The fourth-order valence-electron chi connectivity index (χ4n) is 0.948. The molecular formula is C9H13NOS. The molecule has 3 heteroatoms. The van der Waals surface area contributed by atoms with Crippen LogP contribution < -0.4 is 0 Å². The summed E-state index contributed by atoms with van der Waals surface area (Å²) in [4.78, 5) is 16.5. The summed E-state index contributed by atoms with van der Waals surface area (Å²) in [5, 5.41) is 0. The molecule has 1 aromatic rings. The van der Waals surface area contributed by atoms with Crippen molar-refractivity contribution in [3.05, 3.63) is 16.1 Å². The molecule has 0 aliphatic rings. The number of hydrogen-bond acceptors (Lipinski definition) is 3. The molecule has 0 saturated heterocycles. The fourth-order valence-corrected chi connectivity index (χ4v) is 1.80. The van der Waals surface area contributed by atoms with Gasteiger partial charge in [0, 0.05) is 5.92 Å². The Kier molecular flexibility index (Phi) is 2.98. The summed E-state index contributed by atoms with van der Waals surface area (Å²) in [5.41, 5.74) is 2.59. The molecule has 66 valence electrons. The number of thiazole rings is 1. The molecule has 0 saturated carbocycles. The SMILES string of the molecule is CCC(C)C(=O)c1scnc1C. The number of Topliss-reactive ketones (excluding diaryl/α,β-unsaturated/α-hetero) is 1. The van der Waals surface area contributed by atoms with Gasteiger partial charge in [0.2, 0.25) is 0 Å². The molecule has 0 aliphatic heterocycles. The van der Waals surface area contributed by atoms with Gasteiger partial charge in [-0.05, 0) is 13.3 Å². The van der Waals surface area contributed by atoms with Crippen LogP contribution in [0.2, 0.25) is 0 Å². The molecule has 0 aromatic carbocycles. The second kappa shape index (κ2) is 3.81. The summed E-state index contributed by atoms with van der Waals surface area (Å²) < 4.78 is 0. The predicted octanol–water partition coefficient (Wildman–Crippen LogP) is 2.68. The van der Waals surface area contributed by atoms with Crippen LogP contribution in [0, 0.1) is 12.8 Å². The van der Waals surface area contributed by atoms with Crippen molar-refractivity contribution in [2.75, 3.05) is 0 Å². The van der Waals surface area contributed by atoms with Crippen LogP contribution in [0.25, 0.3) is 0 Å². The lowest BCUT2D eigenvalue weighted by molar-refractivity contribution is 0.0930. The molecular weight excluding hydrogens is 170 g/mol. The minimum atomic E-state index is 0.129. The Morgan fingerprint density at radius 1 is 1.75 bits per heavy atom. The first-order valence-electron chi connectivity index (χ1n) is 4.11. The number of carbonyl (C=O) groups is 1. The van der Waals surface area contributed by atoms with E-state index in [1.165, 1.54) is 11.3 Å². The van der Waals surface area contributed by atoms with Crippen molar-refractivity contribution in [2.45, 2.75) is 27.2 Å². The molecule has 1 aromatic heterocycles. The summed E-state index contributed by atoms with van der Waals surface area (Å²) in [6.45, 7) is 5.87. The Hall–Kier alpha value is -0.700. The normalized spacial score (nSPS) is 12.9. The van der Waals surface area contributed by atoms with Crippen molar-refractivity contribution >= 4 is 17.1 Å². The van der Waals surface area contributed by atoms with E-state index in [0.29, 0.717) is 0 Å². The monoisotopic (exact) mass is 183 g/mol. The highest BCUT2D eigenvalue weighted by Gasteiger charge is 2.16. The highest BCUT2D eigenvalue weighted by Crippen LogP contribution is 2.18. The van der Waals surface area contributed by atoms with Crippen molar-refractivity contribution in [1.29, 1.82) is 0 Å².